The van der Waals surface area contributed by atoms with E-state index >= 15 is 0 Å². The number of esters is 1. The average Bonchev–Trinajstić information content (AvgIpc) is 2.64. The van der Waals surface area contributed by atoms with E-state index in [-0.39, 0.29) is 18.0 Å². The summed E-state index contributed by atoms with van der Waals surface area (Å²) in [5.41, 5.74) is 0. The molecular formula is C24H44O3. The molecule has 3 nitrogen and oxygen atoms in total. The first-order valence-electron chi connectivity index (χ1n) is 11.8. The Morgan fingerprint density at radius 2 is 1.26 bits per heavy atom. The number of carbonyl (C=O) groups is 1. The highest BCUT2D eigenvalue weighted by Gasteiger charge is 2.39. The number of rotatable bonds is 18. The van der Waals surface area contributed by atoms with Gasteiger partial charge in [0.1, 0.15) is 6.10 Å². The van der Waals surface area contributed by atoms with Gasteiger partial charge in [-0.2, -0.15) is 0 Å². The lowest BCUT2D eigenvalue weighted by atomic mass is 9.93. The van der Waals surface area contributed by atoms with Crippen molar-refractivity contribution in [2.45, 2.75) is 129 Å². The quantitative estimate of drug-likeness (QED) is 0.151. The van der Waals surface area contributed by atoms with Crippen LogP contribution >= 0.6 is 0 Å². The van der Waals surface area contributed by atoms with E-state index < -0.39 is 0 Å². The number of hydrogen-bond donors (Lipinski definition) is 1. The summed E-state index contributed by atoms with van der Waals surface area (Å²) >= 11 is 0. The Morgan fingerprint density at radius 3 is 1.67 bits per heavy atom. The van der Waals surface area contributed by atoms with Gasteiger partial charge in [0, 0.05) is 6.42 Å². The lowest BCUT2D eigenvalue weighted by molar-refractivity contribution is -0.178. The molecule has 27 heavy (non-hydrogen) atoms. The number of allylic oxidation sites excluding steroid dienone is 1. The molecule has 1 N–H and O–H groups in total. The van der Waals surface area contributed by atoms with Crippen LogP contribution in [-0.2, 0) is 9.53 Å². The molecule has 2 atom stereocenters. The Hall–Kier alpha value is -0.990. The van der Waals surface area contributed by atoms with Crippen LogP contribution in [0.5, 0.6) is 0 Å². The van der Waals surface area contributed by atoms with Gasteiger partial charge in [0.15, 0.2) is 0 Å². The molecule has 0 unspecified atom stereocenters. The second kappa shape index (κ2) is 16.0. The average molecular weight is 381 g/mol. The highest BCUT2D eigenvalue weighted by molar-refractivity contribution is 5.79. The van der Waals surface area contributed by atoms with Gasteiger partial charge in [-0.1, -0.05) is 104 Å². The first-order valence-corrected chi connectivity index (χ1v) is 11.8. The lowest BCUT2D eigenvalue weighted by Gasteiger charge is -2.32. The first-order chi connectivity index (χ1) is 13.2. The molecule has 1 aliphatic heterocycles. The topological polar surface area (TPSA) is 46.5 Å². The molecule has 0 spiro atoms. The lowest BCUT2D eigenvalue weighted by Crippen LogP contribution is -2.43. The summed E-state index contributed by atoms with van der Waals surface area (Å²) in [5.74, 6) is 0.215. The van der Waals surface area contributed by atoms with Crippen LogP contribution in [0.1, 0.15) is 123 Å². The SMILES string of the molecule is CCCCCCCCCCCCCCCCCC(O)=C[C@@H]1OC(=O)[C@H]1CC. The molecule has 1 fully saturated rings. The molecule has 0 saturated carbocycles. The van der Waals surface area contributed by atoms with E-state index in [2.05, 4.69) is 6.92 Å². The van der Waals surface area contributed by atoms with Crippen molar-refractivity contribution in [1.29, 1.82) is 0 Å². The van der Waals surface area contributed by atoms with Crippen molar-refractivity contribution in [1.82, 2.24) is 0 Å². The molecule has 1 aliphatic rings. The van der Waals surface area contributed by atoms with Crippen LogP contribution < -0.4 is 0 Å². The summed E-state index contributed by atoms with van der Waals surface area (Å²) in [4.78, 5) is 11.2. The van der Waals surface area contributed by atoms with E-state index in [0.29, 0.717) is 12.2 Å². The number of unbranched alkanes of at least 4 members (excludes halogenated alkanes) is 14. The third kappa shape index (κ3) is 11.4. The van der Waals surface area contributed by atoms with E-state index in [1.54, 1.807) is 6.08 Å². The number of ether oxygens (including phenoxy) is 1. The molecule has 3 heteroatoms. The van der Waals surface area contributed by atoms with Gasteiger partial charge in [-0.3, -0.25) is 4.79 Å². The minimum Gasteiger partial charge on any atom is -0.513 e. The smallest absolute Gasteiger partial charge is 0.313 e. The van der Waals surface area contributed by atoms with Gasteiger partial charge < -0.3 is 9.84 Å². The van der Waals surface area contributed by atoms with Gasteiger partial charge in [0.25, 0.3) is 0 Å². The molecule has 0 aromatic heterocycles. The molecule has 0 bridgehead atoms. The zero-order valence-electron chi connectivity index (χ0n) is 18.0. The Bertz CT molecular complexity index is 402. The van der Waals surface area contributed by atoms with Gasteiger partial charge >= 0.3 is 5.97 Å². The molecule has 158 valence electrons. The maximum absolute atomic E-state index is 11.2. The summed E-state index contributed by atoms with van der Waals surface area (Å²) in [5, 5.41) is 9.96. The van der Waals surface area contributed by atoms with Crippen LogP contribution in [0.4, 0.5) is 0 Å². The summed E-state index contributed by atoms with van der Waals surface area (Å²) in [6, 6.07) is 0. The Morgan fingerprint density at radius 1 is 0.815 bits per heavy atom. The molecule has 0 aromatic carbocycles. The number of carbonyl (C=O) groups excluding carboxylic acids is 1. The number of aliphatic hydroxyl groups excluding tert-OH is 1. The summed E-state index contributed by atoms with van der Waals surface area (Å²) < 4.78 is 5.07. The highest BCUT2D eigenvalue weighted by Crippen LogP contribution is 2.27. The van der Waals surface area contributed by atoms with Crippen molar-refractivity contribution in [2.24, 2.45) is 5.92 Å². The Kier molecular flexibility index (Phi) is 14.3. The molecule has 1 rings (SSSR count). The van der Waals surface area contributed by atoms with Gasteiger partial charge in [0.2, 0.25) is 0 Å². The number of hydrogen-bond acceptors (Lipinski definition) is 3. The highest BCUT2D eigenvalue weighted by atomic mass is 16.6. The predicted molar refractivity (Wildman–Crippen MR) is 114 cm³/mol. The fraction of sp³-hybridized carbons (Fsp3) is 0.875. The van der Waals surface area contributed by atoms with Crippen molar-refractivity contribution in [3.8, 4) is 0 Å². The normalized spacial score (nSPS) is 19.8. The molecule has 0 amide bonds. The van der Waals surface area contributed by atoms with Crippen LogP contribution in [-0.4, -0.2) is 17.2 Å². The van der Waals surface area contributed by atoms with Crippen molar-refractivity contribution >= 4 is 5.97 Å². The zero-order chi connectivity index (χ0) is 19.7. The molecule has 0 aromatic rings. The Labute approximate surface area is 168 Å². The van der Waals surface area contributed by atoms with E-state index in [9.17, 15) is 9.90 Å². The minimum absolute atomic E-state index is 0.0480. The fourth-order valence-corrected chi connectivity index (χ4v) is 3.86. The standard InChI is InChI=1S/C24H44O3/c1-3-5-6-7-8-9-10-11-12-13-14-15-16-17-18-19-21(25)20-23-22(4-2)24(26)27-23/h20,22-23,25H,3-19H2,1-2H3/t22-,23-/m0/s1. The van der Waals surface area contributed by atoms with Crippen LogP contribution in [0.3, 0.4) is 0 Å². The summed E-state index contributed by atoms with van der Waals surface area (Å²) in [6.45, 7) is 4.26. The maximum Gasteiger partial charge on any atom is 0.313 e. The van der Waals surface area contributed by atoms with Crippen LogP contribution in [0.25, 0.3) is 0 Å². The minimum atomic E-state index is -0.196. The van der Waals surface area contributed by atoms with Crippen molar-refractivity contribution in [3.05, 3.63) is 11.8 Å². The fourth-order valence-electron chi connectivity index (χ4n) is 3.86. The van der Waals surface area contributed by atoms with E-state index in [4.69, 9.17) is 4.74 Å². The third-order valence-corrected chi connectivity index (χ3v) is 5.78. The number of aliphatic hydroxyl groups is 1. The monoisotopic (exact) mass is 380 g/mol. The first kappa shape index (κ1) is 24.0. The van der Waals surface area contributed by atoms with Gasteiger partial charge in [-0.15, -0.1) is 0 Å². The van der Waals surface area contributed by atoms with Crippen molar-refractivity contribution < 1.29 is 14.6 Å². The van der Waals surface area contributed by atoms with Crippen molar-refractivity contribution in [3.63, 3.8) is 0 Å². The molecule has 1 saturated heterocycles. The van der Waals surface area contributed by atoms with Gasteiger partial charge in [-0.25, -0.2) is 0 Å². The zero-order valence-corrected chi connectivity index (χ0v) is 18.0. The third-order valence-electron chi connectivity index (χ3n) is 5.78. The second-order valence-corrected chi connectivity index (χ2v) is 8.27. The van der Waals surface area contributed by atoms with Gasteiger partial charge in [-0.05, 0) is 18.9 Å². The van der Waals surface area contributed by atoms with Crippen LogP contribution in [0, 0.1) is 5.92 Å². The van der Waals surface area contributed by atoms with Crippen molar-refractivity contribution in [2.75, 3.05) is 0 Å². The summed E-state index contributed by atoms with van der Waals surface area (Å²) in [6.07, 6.45) is 23.3. The molecule has 0 radical (unpaired) electrons. The molecule has 0 aliphatic carbocycles. The van der Waals surface area contributed by atoms with Crippen LogP contribution in [0.2, 0.25) is 0 Å². The largest absolute Gasteiger partial charge is 0.513 e. The molecule has 1 heterocycles. The van der Waals surface area contributed by atoms with E-state index in [1.807, 2.05) is 6.92 Å². The van der Waals surface area contributed by atoms with Crippen LogP contribution in [0.15, 0.2) is 11.8 Å². The summed E-state index contributed by atoms with van der Waals surface area (Å²) in [7, 11) is 0. The maximum atomic E-state index is 11.2. The second-order valence-electron chi connectivity index (χ2n) is 8.27. The van der Waals surface area contributed by atoms with E-state index in [1.165, 1.54) is 89.9 Å². The Balaban J connectivity index is 1.82. The van der Waals surface area contributed by atoms with E-state index in [0.717, 1.165) is 12.8 Å². The van der Waals surface area contributed by atoms with Gasteiger partial charge in [0.05, 0.1) is 11.7 Å². The number of cyclic esters (lactones) is 1. The molecular weight excluding hydrogens is 336 g/mol. The predicted octanol–water partition coefficient (Wildman–Crippen LogP) is 7.64.